The fourth-order valence-corrected chi connectivity index (χ4v) is 3.38. The fraction of sp³-hybridized carbons (Fsp3) is 0.800. The Balaban J connectivity index is 1.75. The predicted molar refractivity (Wildman–Crippen MR) is 104 cm³/mol. The molecule has 0 saturated carbocycles. The number of hydrogen-bond acceptors (Lipinski definition) is 3. The first-order valence-electron chi connectivity index (χ1n) is 9.90. The monoisotopic (exact) mass is 353 g/mol. The maximum atomic E-state index is 11.4. The van der Waals surface area contributed by atoms with Gasteiger partial charge < -0.3 is 0 Å². The maximum Gasteiger partial charge on any atom is 0.253 e. The van der Waals surface area contributed by atoms with Crippen LogP contribution in [0.5, 0.6) is 0 Å². The first kappa shape index (κ1) is 21.3. The largest absolute Gasteiger partial charge is 0.275 e. The smallest absolute Gasteiger partial charge is 0.253 e. The van der Waals surface area contributed by atoms with Crippen molar-refractivity contribution in [2.24, 2.45) is 0 Å². The topological polar surface area (TPSA) is 37.4 Å². The van der Waals surface area contributed by atoms with Crippen molar-refractivity contribution in [3.63, 3.8) is 0 Å². The number of hydrogen-bond donors (Lipinski definition) is 1. The second-order valence-corrected chi connectivity index (χ2v) is 7.28. The summed E-state index contributed by atoms with van der Waals surface area (Å²) in [5.41, 5.74) is 0. The highest BCUT2D eigenvalue weighted by molar-refractivity contribution is 7.80. The standard InChI is InChI=1S/C20H35NO2S/c22-19-15-16-20(23)21(19)17-13-11-9-7-5-3-1-2-4-6-8-10-12-14-18-24/h15-16,24H,1-14,17-18H2. The highest BCUT2D eigenvalue weighted by Gasteiger charge is 2.21. The van der Waals surface area contributed by atoms with Crippen LogP contribution < -0.4 is 0 Å². The minimum absolute atomic E-state index is 0.151. The third-order valence-corrected chi connectivity index (χ3v) is 5.01. The van der Waals surface area contributed by atoms with Gasteiger partial charge in [0.25, 0.3) is 11.8 Å². The first-order chi connectivity index (χ1) is 11.8. The molecule has 0 aromatic rings. The highest BCUT2D eigenvalue weighted by atomic mass is 32.1. The summed E-state index contributed by atoms with van der Waals surface area (Å²) in [5, 5.41) is 0. The van der Waals surface area contributed by atoms with E-state index in [1.807, 2.05) is 0 Å². The number of rotatable bonds is 16. The first-order valence-corrected chi connectivity index (χ1v) is 10.5. The number of imide groups is 1. The molecule has 0 aromatic heterocycles. The van der Waals surface area contributed by atoms with Crippen molar-refractivity contribution < 1.29 is 9.59 Å². The normalized spacial score (nSPS) is 14.1. The summed E-state index contributed by atoms with van der Waals surface area (Å²) in [4.78, 5) is 24.1. The molecule has 0 atom stereocenters. The average Bonchev–Trinajstić information content (AvgIpc) is 2.90. The zero-order chi connectivity index (χ0) is 17.5. The van der Waals surface area contributed by atoms with E-state index in [0.717, 1.165) is 18.6 Å². The Morgan fingerprint density at radius 3 is 1.29 bits per heavy atom. The van der Waals surface area contributed by atoms with Crippen LogP contribution in [0.2, 0.25) is 0 Å². The molecule has 0 radical (unpaired) electrons. The van der Waals surface area contributed by atoms with Crippen LogP contribution >= 0.6 is 12.6 Å². The van der Waals surface area contributed by atoms with Crippen molar-refractivity contribution >= 4 is 24.4 Å². The van der Waals surface area contributed by atoms with Gasteiger partial charge in [-0.3, -0.25) is 14.5 Å². The summed E-state index contributed by atoms with van der Waals surface area (Å²) in [6, 6.07) is 0. The van der Waals surface area contributed by atoms with E-state index in [0.29, 0.717) is 6.54 Å². The average molecular weight is 354 g/mol. The minimum Gasteiger partial charge on any atom is -0.275 e. The van der Waals surface area contributed by atoms with Crippen LogP contribution in [-0.4, -0.2) is 29.0 Å². The number of thiol groups is 1. The lowest BCUT2D eigenvalue weighted by Gasteiger charge is -2.12. The molecule has 0 saturated heterocycles. The summed E-state index contributed by atoms with van der Waals surface area (Å²) in [7, 11) is 0. The molecule has 0 bridgehead atoms. The lowest BCUT2D eigenvalue weighted by atomic mass is 10.0. The molecule has 3 nitrogen and oxygen atoms in total. The van der Waals surface area contributed by atoms with Crippen molar-refractivity contribution in [1.29, 1.82) is 0 Å². The van der Waals surface area contributed by atoms with Gasteiger partial charge in [-0.05, 0) is 18.6 Å². The van der Waals surface area contributed by atoms with E-state index in [-0.39, 0.29) is 11.8 Å². The number of unbranched alkanes of at least 4 members (excludes halogenated alkanes) is 13. The lowest BCUT2D eigenvalue weighted by Crippen LogP contribution is -2.30. The van der Waals surface area contributed by atoms with Gasteiger partial charge in [0.1, 0.15) is 0 Å². The third kappa shape index (κ3) is 10.2. The summed E-state index contributed by atoms with van der Waals surface area (Å²) >= 11 is 4.23. The van der Waals surface area contributed by atoms with Crippen LogP contribution in [0.3, 0.4) is 0 Å². The van der Waals surface area contributed by atoms with E-state index in [1.54, 1.807) is 0 Å². The molecule has 1 aliphatic heterocycles. The molecule has 24 heavy (non-hydrogen) atoms. The molecule has 0 N–H and O–H groups in total. The Hall–Kier alpha value is -0.770. The van der Waals surface area contributed by atoms with E-state index < -0.39 is 0 Å². The summed E-state index contributed by atoms with van der Waals surface area (Å²) in [5.74, 6) is 0.731. The fourth-order valence-electron chi connectivity index (χ4n) is 3.15. The van der Waals surface area contributed by atoms with Gasteiger partial charge in [-0.15, -0.1) is 0 Å². The van der Waals surface area contributed by atoms with Gasteiger partial charge in [0.05, 0.1) is 0 Å². The highest BCUT2D eigenvalue weighted by Crippen LogP contribution is 2.13. The number of amides is 2. The molecule has 4 heteroatoms. The van der Waals surface area contributed by atoms with E-state index in [1.165, 1.54) is 94.1 Å². The van der Waals surface area contributed by atoms with Gasteiger partial charge in [0.15, 0.2) is 0 Å². The van der Waals surface area contributed by atoms with Gasteiger partial charge in [0, 0.05) is 18.7 Å². The maximum absolute atomic E-state index is 11.4. The Labute approximate surface area is 153 Å². The van der Waals surface area contributed by atoms with Crippen LogP contribution in [0.15, 0.2) is 12.2 Å². The molecule has 0 aliphatic carbocycles. The molecule has 2 amide bonds. The number of carbonyl (C=O) groups is 2. The minimum atomic E-state index is -0.151. The second-order valence-electron chi connectivity index (χ2n) is 6.83. The lowest BCUT2D eigenvalue weighted by molar-refractivity contribution is -0.136. The van der Waals surface area contributed by atoms with Gasteiger partial charge in [0.2, 0.25) is 0 Å². The third-order valence-electron chi connectivity index (χ3n) is 4.69. The zero-order valence-corrected chi connectivity index (χ0v) is 16.1. The van der Waals surface area contributed by atoms with Crippen LogP contribution in [0.1, 0.15) is 89.9 Å². The molecule has 138 valence electrons. The van der Waals surface area contributed by atoms with Crippen molar-refractivity contribution in [3.05, 3.63) is 12.2 Å². The second kappa shape index (κ2) is 14.6. The van der Waals surface area contributed by atoms with Crippen molar-refractivity contribution in [1.82, 2.24) is 4.90 Å². The Morgan fingerprint density at radius 1 is 0.583 bits per heavy atom. The van der Waals surface area contributed by atoms with E-state index in [4.69, 9.17) is 0 Å². The number of carbonyl (C=O) groups excluding carboxylic acids is 2. The molecule has 0 fully saturated rings. The Kier molecular flexibility index (Phi) is 12.9. The van der Waals surface area contributed by atoms with Crippen molar-refractivity contribution in [2.75, 3.05) is 12.3 Å². The quantitative estimate of drug-likeness (QED) is 0.232. The van der Waals surface area contributed by atoms with Gasteiger partial charge in [-0.2, -0.15) is 12.6 Å². The van der Waals surface area contributed by atoms with E-state index in [9.17, 15) is 9.59 Å². The molecule has 0 aromatic carbocycles. The molecule has 1 heterocycles. The Bertz CT molecular complexity index is 364. The van der Waals surface area contributed by atoms with Crippen LogP contribution in [0.4, 0.5) is 0 Å². The molecule has 1 rings (SSSR count). The zero-order valence-electron chi connectivity index (χ0n) is 15.2. The SMILES string of the molecule is O=C1C=CC(=O)N1CCCCCCCCCCCCCCCCS. The number of nitrogens with zero attached hydrogens (tertiary/aromatic N) is 1. The van der Waals surface area contributed by atoms with Gasteiger partial charge in [-0.1, -0.05) is 77.0 Å². The Morgan fingerprint density at radius 2 is 0.917 bits per heavy atom. The van der Waals surface area contributed by atoms with Crippen molar-refractivity contribution in [2.45, 2.75) is 89.9 Å². The van der Waals surface area contributed by atoms with E-state index in [2.05, 4.69) is 12.6 Å². The molecule has 1 aliphatic rings. The van der Waals surface area contributed by atoms with E-state index >= 15 is 0 Å². The van der Waals surface area contributed by atoms with Crippen molar-refractivity contribution in [3.8, 4) is 0 Å². The summed E-state index contributed by atoms with van der Waals surface area (Å²) in [6.45, 7) is 0.582. The molecular weight excluding hydrogens is 318 g/mol. The van der Waals surface area contributed by atoms with Gasteiger partial charge >= 0.3 is 0 Å². The van der Waals surface area contributed by atoms with Gasteiger partial charge in [-0.25, -0.2) is 0 Å². The molecular formula is C20H35NO2S. The summed E-state index contributed by atoms with van der Waals surface area (Å²) < 4.78 is 0. The molecule has 0 unspecified atom stereocenters. The van der Waals surface area contributed by atoms with Crippen LogP contribution in [0, 0.1) is 0 Å². The summed E-state index contributed by atoms with van der Waals surface area (Å²) in [6.07, 6.45) is 20.9. The predicted octanol–water partition coefficient (Wildman–Crippen LogP) is 5.30. The van der Waals surface area contributed by atoms with Crippen LogP contribution in [0.25, 0.3) is 0 Å². The van der Waals surface area contributed by atoms with Crippen LogP contribution in [-0.2, 0) is 9.59 Å². The molecule has 0 spiro atoms.